The Morgan fingerprint density at radius 3 is 2.12 bits per heavy atom. The predicted octanol–water partition coefficient (Wildman–Crippen LogP) is 5.34. The van der Waals surface area contributed by atoms with Crippen molar-refractivity contribution >= 4 is 59.5 Å². The van der Waals surface area contributed by atoms with Crippen LogP contribution in [0, 0.1) is 52.2 Å². The van der Waals surface area contributed by atoms with Crippen molar-refractivity contribution in [3.05, 3.63) is 66.5 Å². The number of nitrogens with two attached hydrogens (primary N) is 1. The Hall–Kier alpha value is -5.70. The van der Waals surface area contributed by atoms with E-state index in [1.165, 1.54) is 23.7 Å². The molecule has 1 aliphatic carbocycles. The zero-order chi connectivity index (χ0) is 42.9. The number of carbonyl (C=O) groups is 4. The molecule has 0 aromatic heterocycles. The van der Waals surface area contributed by atoms with Gasteiger partial charge in [-0.3, -0.25) is 48.9 Å². The zero-order valence-electron chi connectivity index (χ0n) is 32.2. The van der Waals surface area contributed by atoms with E-state index in [4.69, 9.17) is 26.9 Å². The van der Waals surface area contributed by atoms with Gasteiger partial charge in [-0.05, 0) is 70.4 Å². The van der Waals surface area contributed by atoms with Crippen molar-refractivity contribution in [3.63, 3.8) is 0 Å². The molecule has 0 fully saturated rings. The smallest absolute Gasteiger partial charge is 0.320 e. The number of nitro groups is 2. The Morgan fingerprint density at radius 1 is 1.07 bits per heavy atom. The number of halogens is 1. The first-order valence-electron chi connectivity index (χ1n) is 18.0. The third-order valence-corrected chi connectivity index (χ3v) is 10.6. The lowest BCUT2D eigenvalue weighted by Crippen LogP contribution is -2.39. The minimum atomic E-state index is -3.10. The molecular formula is C37H46FN6O12P. The number of terminal acetylenes is 1. The van der Waals surface area contributed by atoms with Gasteiger partial charge in [0.2, 0.25) is 0 Å². The highest BCUT2D eigenvalue weighted by atomic mass is 31.2. The lowest BCUT2D eigenvalue weighted by atomic mass is 9.93. The van der Waals surface area contributed by atoms with Crippen LogP contribution in [0.2, 0.25) is 0 Å². The SMILES string of the molecule is C#CCN1C(=O)COc2cc(F)c(N3C(=O)C4=C(CCCC4)C3=O)cc21.CCC(CC)Nc1c([N+](=O)[O-])cc(C)c(C)c1[N+](=O)[O-].CP(=O)(O)CCC(N)C(=O)O. The Labute approximate surface area is 328 Å². The number of nitro benzene ring substituents is 2. The second kappa shape index (κ2) is 19.4. The molecule has 2 unspecified atom stereocenters. The van der Waals surface area contributed by atoms with Crippen LogP contribution in [-0.4, -0.2) is 81.6 Å². The summed E-state index contributed by atoms with van der Waals surface area (Å²) in [5.74, 6) is -0.735. The van der Waals surface area contributed by atoms with Crippen molar-refractivity contribution in [1.82, 2.24) is 0 Å². The number of amides is 3. The minimum absolute atomic E-state index is 0.0109. The van der Waals surface area contributed by atoms with Crippen molar-refractivity contribution < 1.29 is 52.7 Å². The lowest BCUT2D eigenvalue weighted by Gasteiger charge is -2.29. The summed E-state index contributed by atoms with van der Waals surface area (Å²) in [6.07, 6.45) is 9.48. The number of anilines is 3. The molecule has 57 heavy (non-hydrogen) atoms. The molecule has 308 valence electrons. The van der Waals surface area contributed by atoms with Crippen molar-refractivity contribution in [2.45, 2.75) is 84.7 Å². The Kier molecular flexibility index (Phi) is 15.6. The highest BCUT2D eigenvalue weighted by molar-refractivity contribution is 7.57. The van der Waals surface area contributed by atoms with Crippen molar-refractivity contribution in [2.24, 2.45) is 5.73 Å². The van der Waals surface area contributed by atoms with Gasteiger partial charge in [-0.15, -0.1) is 6.42 Å². The average molecular weight is 817 g/mol. The van der Waals surface area contributed by atoms with Crippen LogP contribution in [0.3, 0.4) is 0 Å². The molecule has 2 aromatic rings. The molecule has 2 atom stereocenters. The highest BCUT2D eigenvalue weighted by Crippen LogP contribution is 2.42. The van der Waals surface area contributed by atoms with Crippen LogP contribution in [-0.2, 0) is 23.7 Å². The number of carboxylic acid groups (broad SMARTS) is 1. The molecule has 0 saturated carbocycles. The van der Waals surface area contributed by atoms with Crippen LogP contribution in [0.4, 0.5) is 32.8 Å². The number of rotatable bonds is 12. The van der Waals surface area contributed by atoms with E-state index in [0.29, 0.717) is 35.1 Å². The molecule has 18 nitrogen and oxygen atoms in total. The third-order valence-electron chi connectivity index (χ3n) is 9.53. The Bertz CT molecular complexity index is 2050. The molecule has 2 aromatic carbocycles. The van der Waals surface area contributed by atoms with E-state index in [9.17, 15) is 48.4 Å². The standard InChI is InChI=1S/C19H15FN2O4.C13H19N3O4.C5H12NO4P/c1-2-7-21-15-9-14(13(20)8-16(15)26-10-17(21)23)22-18(24)11-5-3-4-6-12(11)19(22)25;1-5-10(6-2)14-12-11(15(17)18)7-8(3)9(4)13(12)16(19)20;1-11(9,10)3-2-4(6)5(7)8/h1,8-9H,3-7,10H2;7,10,14H,5-6H2,1-4H3;4H,2-3,6H2,1H3,(H,7,8)(H,9,10). The second-order valence-corrected chi connectivity index (χ2v) is 16.1. The van der Waals surface area contributed by atoms with Gasteiger partial charge in [-0.2, -0.15) is 0 Å². The molecule has 2 heterocycles. The van der Waals surface area contributed by atoms with Gasteiger partial charge in [-0.25, -0.2) is 9.29 Å². The fourth-order valence-corrected chi connectivity index (χ4v) is 6.96. The fourth-order valence-electron chi connectivity index (χ4n) is 6.20. The summed E-state index contributed by atoms with van der Waals surface area (Å²) in [7, 11) is -3.10. The number of hydrogen-bond acceptors (Lipinski definition) is 12. The minimum Gasteiger partial charge on any atom is -0.481 e. The summed E-state index contributed by atoms with van der Waals surface area (Å²) in [6, 6.07) is 2.68. The van der Waals surface area contributed by atoms with Crippen LogP contribution < -0.4 is 25.6 Å². The molecule has 0 radical (unpaired) electrons. The summed E-state index contributed by atoms with van der Waals surface area (Å²) >= 11 is 0. The van der Waals surface area contributed by atoms with Crippen molar-refractivity contribution in [1.29, 1.82) is 0 Å². The molecule has 3 amide bonds. The monoisotopic (exact) mass is 816 g/mol. The topological polar surface area (TPSA) is 266 Å². The molecule has 0 spiro atoms. The zero-order valence-corrected chi connectivity index (χ0v) is 33.1. The van der Waals surface area contributed by atoms with Gasteiger partial charge in [0, 0.05) is 47.7 Å². The lowest BCUT2D eigenvalue weighted by molar-refractivity contribution is -0.392. The number of nitrogens with zero attached hydrogens (tertiary/aromatic N) is 4. The van der Waals surface area contributed by atoms with Crippen LogP contribution >= 0.6 is 7.37 Å². The number of ether oxygens (including phenoxy) is 1. The number of aryl methyl sites for hydroxylation is 1. The van der Waals surface area contributed by atoms with E-state index in [0.717, 1.165) is 36.6 Å². The maximum atomic E-state index is 14.7. The van der Waals surface area contributed by atoms with Gasteiger partial charge < -0.3 is 25.8 Å². The van der Waals surface area contributed by atoms with Gasteiger partial charge in [0.1, 0.15) is 11.8 Å². The molecule has 5 N–H and O–H groups in total. The van der Waals surface area contributed by atoms with Gasteiger partial charge in [-0.1, -0.05) is 19.8 Å². The number of carbonyl (C=O) groups excluding carboxylic acids is 3. The normalized spacial score (nSPS) is 16.2. The largest absolute Gasteiger partial charge is 0.481 e. The highest BCUT2D eigenvalue weighted by Gasteiger charge is 2.42. The summed E-state index contributed by atoms with van der Waals surface area (Å²) < 4.78 is 30.6. The Balaban J connectivity index is 0.000000250. The maximum Gasteiger partial charge on any atom is 0.320 e. The molecule has 3 aliphatic rings. The molecule has 20 heteroatoms. The van der Waals surface area contributed by atoms with E-state index in [2.05, 4.69) is 11.2 Å². The second-order valence-electron chi connectivity index (χ2n) is 13.6. The van der Waals surface area contributed by atoms with Gasteiger partial charge in [0.25, 0.3) is 23.4 Å². The first kappa shape index (κ1) is 45.7. The van der Waals surface area contributed by atoms with E-state index in [1.54, 1.807) is 13.8 Å². The first-order chi connectivity index (χ1) is 26.7. The summed E-state index contributed by atoms with van der Waals surface area (Å²) in [4.78, 5) is 79.7. The molecule has 2 aliphatic heterocycles. The number of imide groups is 1. The third kappa shape index (κ3) is 11.0. The number of benzene rings is 2. The molecule has 0 saturated heterocycles. The number of hydrogen-bond donors (Lipinski definition) is 4. The van der Waals surface area contributed by atoms with Crippen LogP contribution in [0.15, 0.2) is 29.3 Å². The maximum absolute atomic E-state index is 14.7. The van der Waals surface area contributed by atoms with Gasteiger partial charge in [0.05, 0.1) is 27.8 Å². The number of fused-ring (bicyclic) bond motifs is 1. The quantitative estimate of drug-likeness (QED) is 0.0693. The number of nitrogens with one attached hydrogen (secondary N) is 1. The molecule has 0 bridgehead atoms. The fraction of sp³-hybridized carbons (Fsp3) is 0.459. The number of carboxylic acids is 1. The first-order valence-corrected chi connectivity index (χ1v) is 20.3. The summed E-state index contributed by atoms with van der Waals surface area (Å²) in [5.41, 5.74) is 6.64. The van der Waals surface area contributed by atoms with Crippen LogP contribution in [0.25, 0.3) is 0 Å². The van der Waals surface area contributed by atoms with Crippen molar-refractivity contribution in [3.8, 4) is 18.1 Å². The molecule has 5 rings (SSSR count). The summed E-state index contributed by atoms with van der Waals surface area (Å²) in [5, 5.41) is 33.7. The predicted molar refractivity (Wildman–Crippen MR) is 209 cm³/mol. The van der Waals surface area contributed by atoms with Crippen molar-refractivity contribution in [2.75, 3.05) is 41.1 Å². The van der Waals surface area contributed by atoms with E-state index in [-0.39, 0.29) is 71.9 Å². The van der Waals surface area contributed by atoms with Crippen LogP contribution in [0.5, 0.6) is 5.75 Å². The Morgan fingerprint density at radius 2 is 1.65 bits per heavy atom. The molecular weight excluding hydrogens is 770 g/mol. The number of aliphatic carboxylic acids is 1. The average Bonchev–Trinajstić information content (AvgIpc) is 3.40. The van der Waals surface area contributed by atoms with Crippen LogP contribution in [0.1, 0.15) is 69.9 Å². The van der Waals surface area contributed by atoms with E-state index >= 15 is 0 Å². The van der Waals surface area contributed by atoms with Gasteiger partial charge in [0.15, 0.2) is 25.5 Å². The summed E-state index contributed by atoms with van der Waals surface area (Å²) in [6.45, 7) is 8.02. The van der Waals surface area contributed by atoms with Gasteiger partial charge >= 0.3 is 11.7 Å². The van der Waals surface area contributed by atoms with E-state index < -0.39 is 46.9 Å². The van der Waals surface area contributed by atoms with E-state index in [1.807, 2.05) is 13.8 Å².